The van der Waals surface area contributed by atoms with Gasteiger partial charge in [0.15, 0.2) is 0 Å². The van der Waals surface area contributed by atoms with E-state index in [1.165, 1.54) is 0 Å². The van der Waals surface area contributed by atoms with Gasteiger partial charge in [0, 0.05) is 23.8 Å². The van der Waals surface area contributed by atoms with Gasteiger partial charge >= 0.3 is 0 Å². The molecular formula is C21H20ClN3O. The van der Waals surface area contributed by atoms with E-state index in [1.54, 1.807) is 17.2 Å². The summed E-state index contributed by atoms with van der Waals surface area (Å²) in [6, 6.07) is 21.0. The topological polar surface area (TPSA) is 45.2 Å². The van der Waals surface area contributed by atoms with E-state index in [9.17, 15) is 4.79 Å². The van der Waals surface area contributed by atoms with Crippen molar-refractivity contribution in [1.82, 2.24) is 9.88 Å². The fourth-order valence-electron chi connectivity index (χ4n) is 2.62. The van der Waals surface area contributed by atoms with Gasteiger partial charge < -0.3 is 10.2 Å². The number of amides is 1. The first kappa shape index (κ1) is 18.0. The van der Waals surface area contributed by atoms with Crippen LogP contribution in [0.1, 0.15) is 23.0 Å². The van der Waals surface area contributed by atoms with Crippen molar-refractivity contribution >= 4 is 28.9 Å². The Kier molecular flexibility index (Phi) is 5.87. The standard InChI is InChI=1S/C21H20ClN3O/c1-2-25(15-16-7-4-3-5-8-16)21(26)20-12-11-19(14-23-20)24-18-10-6-9-17(22)13-18/h3-14,24H,2,15H2,1H3. The first-order valence-corrected chi connectivity index (χ1v) is 8.85. The zero-order valence-corrected chi connectivity index (χ0v) is 15.3. The smallest absolute Gasteiger partial charge is 0.272 e. The van der Waals surface area contributed by atoms with Gasteiger partial charge in [0.2, 0.25) is 0 Å². The van der Waals surface area contributed by atoms with E-state index in [4.69, 9.17) is 11.6 Å². The van der Waals surface area contributed by atoms with Crippen molar-refractivity contribution in [3.63, 3.8) is 0 Å². The maximum Gasteiger partial charge on any atom is 0.272 e. The second-order valence-corrected chi connectivity index (χ2v) is 6.31. The Morgan fingerprint density at radius 1 is 1.04 bits per heavy atom. The summed E-state index contributed by atoms with van der Waals surface area (Å²) in [6.45, 7) is 3.16. The van der Waals surface area contributed by atoms with Gasteiger partial charge in [-0.3, -0.25) is 4.79 Å². The summed E-state index contributed by atoms with van der Waals surface area (Å²) < 4.78 is 0. The molecule has 1 aromatic heterocycles. The number of nitrogens with one attached hydrogen (secondary N) is 1. The highest BCUT2D eigenvalue weighted by Crippen LogP contribution is 2.20. The first-order valence-electron chi connectivity index (χ1n) is 8.47. The summed E-state index contributed by atoms with van der Waals surface area (Å²) >= 11 is 5.99. The third-order valence-corrected chi connectivity index (χ3v) is 4.22. The lowest BCUT2D eigenvalue weighted by atomic mass is 10.2. The van der Waals surface area contributed by atoms with E-state index in [0.29, 0.717) is 23.8 Å². The van der Waals surface area contributed by atoms with Gasteiger partial charge in [-0.15, -0.1) is 0 Å². The highest BCUT2D eigenvalue weighted by Gasteiger charge is 2.15. The number of carbonyl (C=O) groups excluding carboxylic acids is 1. The molecule has 1 heterocycles. The first-order chi connectivity index (χ1) is 12.7. The molecule has 0 saturated carbocycles. The molecule has 0 aliphatic carbocycles. The molecule has 1 N–H and O–H groups in total. The number of anilines is 2. The molecular weight excluding hydrogens is 346 g/mol. The van der Waals surface area contributed by atoms with Crippen LogP contribution in [-0.4, -0.2) is 22.3 Å². The number of hydrogen-bond donors (Lipinski definition) is 1. The van der Waals surface area contributed by atoms with Crippen molar-refractivity contribution in [2.75, 3.05) is 11.9 Å². The number of carbonyl (C=O) groups is 1. The molecule has 132 valence electrons. The van der Waals surface area contributed by atoms with Crippen LogP contribution < -0.4 is 5.32 Å². The van der Waals surface area contributed by atoms with Gasteiger partial charge in [0.1, 0.15) is 5.69 Å². The predicted octanol–water partition coefficient (Wildman–Crippen LogP) is 5.14. The lowest BCUT2D eigenvalue weighted by Gasteiger charge is -2.20. The zero-order valence-electron chi connectivity index (χ0n) is 14.5. The van der Waals surface area contributed by atoms with Crippen molar-refractivity contribution in [3.05, 3.63) is 89.2 Å². The number of halogens is 1. The Bertz CT molecular complexity index is 866. The fourth-order valence-corrected chi connectivity index (χ4v) is 2.81. The van der Waals surface area contributed by atoms with E-state index < -0.39 is 0 Å². The van der Waals surface area contributed by atoms with Crippen LogP contribution in [0.2, 0.25) is 5.02 Å². The molecule has 0 fully saturated rings. The molecule has 0 aliphatic rings. The van der Waals surface area contributed by atoms with Crippen molar-refractivity contribution in [3.8, 4) is 0 Å². The molecule has 26 heavy (non-hydrogen) atoms. The zero-order chi connectivity index (χ0) is 18.4. The largest absolute Gasteiger partial charge is 0.354 e. The van der Waals surface area contributed by atoms with Crippen LogP contribution in [0, 0.1) is 0 Å². The summed E-state index contributed by atoms with van der Waals surface area (Å²) in [5.74, 6) is -0.0781. The average molecular weight is 366 g/mol. The van der Waals surface area contributed by atoms with Crippen molar-refractivity contribution in [2.24, 2.45) is 0 Å². The number of aromatic nitrogens is 1. The third kappa shape index (κ3) is 4.61. The number of benzene rings is 2. The molecule has 0 atom stereocenters. The van der Waals surface area contributed by atoms with Crippen molar-refractivity contribution in [1.29, 1.82) is 0 Å². The highest BCUT2D eigenvalue weighted by molar-refractivity contribution is 6.30. The van der Waals surface area contributed by atoms with Gasteiger partial charge in [-0.2, -0.15) is 0 Å². The minimum absolute atomic E-state index is 0.0781. The Morgan fingerprint density at radius 2 is 1.85 bits per heavy atom. The second kappa shape index (κ2) is 8.50. The fraction of sp³-hybridized carbons (Fsp3) is 0.143. The van der Waals surface area contributed by atoms with Gasteiger partial charge in [0.25, 0.3) is 5.91 Å². The molecule has 3 aromatic rings. The van der Waals surface area contributed by atoms with E-state index in [0.717, 1.165) is 16.9 Å². The number of pyridine rings is 1. The second-order valence-electron chi connectivity index (χ2n) is 5.87. The molecule has 0 saturated heterocycles. The quantitative estimate of drug-likeness (QED) is 0.657. The van der Waals surface area contributed by atoms with Crippen LogP contribution in [0.3, 0.4) is 0 Å². The van der Waals surface area contributed by atoms with E-state index in [2.05, 4.69) is 10.3 Å². The van der Waals surface area contributed by atoms with Gasteiger partial charge in [0.05, 0.1) is 11.9 Å². The van der Waals surface area contributed by atoms with Crippen LogP contribution in [-0.2, 0) is 6.54 Å². The Balaban J connectivity index is 1.69. The molecule has 0 radical (unpaired) electrons. The minimum Gasteiger partial charge on any atom is -0.354 e. The summed E-state index contributed by atoms with van der Waals surface area (Å²) in [4.78, 5) is 18.8. The summed E-state index contributed by atoms with van der Waals surface area (Å²) in [7, 11) is 0. The minimum atomic E-state index is -0.0781. The van der Waals surface area contributed by atoms with Crippen LogP contribution in [0.25, 0.3) is 0 Å². The van der Waals surface area contributed by atoms with Crippen molar-refractivity contribution < 1.29 is 4.79 Å². The molecule has 0 bridgehead atoms. The monoisotopic (exact) mass is 365 g/mol. The normalized spacial score (nSPS) is 10.4. The van der Waals surface area contributed by atoms with Crippen LogP contribution >= 0.6 is 11.6 Å². The van der Waals surface area contributed by atoms with Crippen molar-refractivity contribution in [2.45, 2.75) is 13.5 Å². The van der Waals surface area contributed by atoms with E-state index >= 15 is 0 Å². The maximum absolute atomic E-state index is 12.7. The van der Waals surface area contributed by atoms with Crippen LogP contribution in [0.15, 0.2) is 72.9 Å². The van der Waals surface area contributed by atoms with Gasteiger partial charge in [-0.25, -0.2) is 4.98 Å². The molecule has 3 rings (SSSR count). The maximum atomic E-state index is 12.7. The average Bonchev–Trinajstić information content (AvgIpc) is 2.67. The molecule has 5 heteroatoms. The Morgan fingerprint density at radius 3 is 2.50 bits per heavy atom. The van der Waals surface area contributed by atoms with Crippen LogP contribution in [0.4, 0.5) is 11.4 Å². The van der Waals surface area contributed by atoms with E-state index in [1.807, 2.05) is 67.6 Å². The lowest BCUT2D eigenvalue weighted by Crippen LogP contribution is -2.30. The van der Waals surface area contributed by atoms with Crippen LogP contribution in [0.5, 0.6) is 0 Å². The molecule has 0 aliphatic heterocycles. The van der Waals surface area contributed by atoms with E-state index in [-0.39, 0.29) is 5.91 Å². The molecule has 1 amide bonds. The summed E-state index contributed by atoms with van der Waals surface area (Å²) in [5, 5.41) is 3.88. The summed E-state index contributed by atoms with van der Waals surface area (Å²) in [6.07, 6.45) is 1.66. The lowest BCUT2D eigenvalue weighted by molar-refractivity contribution is 0.0746. The Hall–Kier alpha value is -2.85. The van der Waals surface area contributed by atoms with Gasteiger partial charge in [-0.05, 0) is 42.8 Å². The molecule has 0 unspecified atom stereocenters. The number of nitrogens with zero attached hydrogens (tertiary/aromatic N) is 2. The summed E-state index contributed by atoms with van der Waals surface area (Å²) in [5.41, 5.74) is 3.20. The third-order valence-electron chi connectivity index (χ3n) is 3.98. The SMILES string of the molecule is CCN(Cc1ccccc1)C(=O)c1ccc(Nc2cccc(Cl)c2)cn1. The Labute approximate surface area is 158 Å². The molecule has 2 aromatic carbocycles. The molecule has 0 spiro atoms. The highest BCUT2D eigenvalue weighted by atomic mass is 35.5. The predicted molar refractivity (Wildman–Crippen MR) is 106 cm³/mol. The van der Waals surface area contributed by atoms with Gasteiger partial charge in [-0.1, -0.05) is 48.0 Å². The number of hydrogen-bond acceptors (Lipinski definition) is 3. The molecule has 4 nitrogen and oxygen atoms in total. The number of rotatable bonds is 6.